The Hall–Kier alpha value is -1.20. The van der Waals surface area contributed by atoms with Crippen LogP contribution in [0.1, 0.15) is 16.7 Å². The van der Waals surface area contributed by atoms with E-state index in [2.05, 4.69) is 6.07 Å². The lowest BCUT2D eigenvalue weighted by molar-refractivity contribution is 1.31. The van der Waals surface area contributed by atoms with Crippen molar-refractivity contribution in [2.24, 2.45) is 0 Å². The van der Waals surface area contributed by atoms with Crippen molar-refractivity contribution in [3.8, 4) is 6.07 Å². The molecule has 1 aromatic rings. The summed E-state index contributed by atoms with van der Waals surface area (Å²) in [6.07, 6.45) is 0. The van der Waals surface area contributed by atoms with Crippen LogP contribution in [0.25, 0.3) is 0 Å². The van der Waals surface area contributed by atoms with Gasteiger partial charge in [0.1, 0.15) is 0 Å². The minimum atomic E-state index is 0.453. The molecule has 0 amide bonds. The number of nitrogen functional groups attached to an aromatic ring is 1. The minimum Gasteiger partial charge on any atom is -0.397 e. The van der Waals surface area contributed by atoms with Crippen LogP contribution in [0.2, 0.25) is 5.02 Å². The van der Waals surface area contributed by atoms with Gasteiger partial charge in [-0.3, -0.25) is 0 Å². The van der Waals surface area contributed by atoms with Crippen molar-refractivity contribution in [2.45, 2.75) is 13.8 Å². The molecule has 0 spiro atoms. The number of nitrogens with zero attached hydrogens (tertiary/aromatic N) is 1. The molecule has 0 aliphatic heterocycles. The highest BCUT2D eigenvalue weighted by atomic mass is 35.5. The molecule has 3 heteroatoms. The second kappa shape index (κ2) is 3.04. The molecule has 2 nitrogen and oxygen atoms in total. The zero-order valence-electron chi connectivity index (χ0n) is 6.98. The summed E-state index contributed by atoms with van der Waals surface area (Å²) in [6, 6.07) is 3.66. The average Bonchev–Trinajstić information content (AvgIpc) is 2.08. The summed E-state index contributed by atoms with van der Waals surface area (Å²) in [7, 11) is 0. The highest BCUT2D eigenvalue weighted by Gasteiger charge is 2.07. The van der Waals surface area contributed by atoms with E-state index >= 15 is 0 Å². The fraction of sp³-hybridized carbons (Fsp3) is 0.222. The van der Waals surface area contributed by atoms with E-state index in [1.54, 1.807) is 6.07 Å². The predicted molar refractivity (Wildman–Crippen MR) is 50.1 cm³/mol. The highest BCUT2D eigenvalue weighted by molar-refractivity contribution is 6.33. The molecule has 0 saturated heterocycles. The molecule has 0 aromatic heterocycles. The van der Waals surface area contributed by atoms with Crippen molar-refractivity contribution < 1.29 is 0 Å². The summed E-state index contributed by atoms with van der Waals surface area (Å²) in [5.74, 6) is 0. The van der Waals surface area contributed by atoms with E-state index in [1.807, 2.05) is 13.8 Å². The van der Waals surface area contributed by atoms with Crippen LogP contribution in [0.5, 0.6) is 0 Å². The minimum absolute atomic E-state index is 0.453. The van der Waals surface area contributed by atoms with Gasteiger partial charge >= 0.3 is 0 Å². The van der Waals surface area contributed by atoms with E-state index < -0.39 is 0 Å². The summed E-state index contributed by atoms with van der Waals surface area (Å²) in [4.78, 5) is 0. The van der Waals surface area contributed by atoms with Gasteiger partial charge in [0.05, 0.1) is 22.3 Å². The molecule has 0 aliphatic rings. The van der Waals surface area contributed by atoms with Gasteiger partial charge in [0.25, 0.3) is 0 Å². The van der Waals surface area contributed by atoms with Crippen molar-refractivity contribution in [1.82, 2.24) is 0 Å². The molecule has 12 heavy (non-hydrogen) atoms. The number of benzene rings is 1. The fourth-order valence-corrected chi connectivity index (χ4v) is 1.26. The second-order valence-electron chi connectivity index (χ2n) is 2.68. The van der Waals surface area contributed by atoms with Gasteiger partial charge in [0, 0.05) is 0 Å². The Balaban J connectivity index is 3.52. The first-order valence-corrected chi connectivity index (χ1v) is 3.91. The second-order valence-corrected chi connectivity index (χ2v) is 3.09. The van der Waals surface area contributed by atoms with E-state index in [9.17, 15) is 0 Å². The van der Waals surface area contributed by atoms with Crippen molar-refractivity contribution in [2.75, 3.05) is 5.73 Å². The smallest absolute Gasteiger partial charge is 0.0995 e. The fourth-order valence-electron chi connectivity index (χ4n) is 1.01. The number of anilines is 1. The highest BCUT2D eigenvalue weighted by Crippen LogP contribution is 2.27. The van der Waals surface area contributed by atoms with Gasteiger partial charge < -0.3 is 5.73 Å². The Morgan fingerprint density at radius 1 is 1.42 bits per heavy atom. The number of rotatable bonds is 0. The van der Waals surface area contributed by atoms with Crippen LogP contribution < -0.4 is 5.73 Å². The van der Waals surface area contributed by atoms with Gasteiger partial charge in [0.15, 0.2) is 0 Å². The van der Waals surface area contributed by atoms with Crippen molar-refractivity contribution in [3.05, 3.63) is 27.8 Å². The molecule has 62 valence electrons. The van der Waals surface area contributed by atoms with Crippen molar-refractivity contribution >= 4 is 17.3 Å². The molecule has 1 rings (SSSR count). The predicted octanol–water partition coefficient (Wildman–Crippen LogP) is 2.41. The molecule has 0 heterocycles. The summed E-state index contributed by atoms with van der Waals surface area (Å²) in [5, 5.41) is 9.16. The third-order valence-electron chi connectivity index (χ3n) is 2.02. The summed E-state index contributed by atoms with van der Waals surface area (Å²) in [6.45, 7) is 3.72. The first-order chi connectivity index (χ1) is 5.57. The zero-order chi connectivity index (χ0) is 9.30. The maximum atomic E-state index is 8.71. The Labute approximate surface area is 76.6 Å². The quantitative estimate of drug-likeness (QED) is 0.624. The van der Waals surface area contributed by atoms with E-state index in [-0.39, 0.29) is 0 Å². The molecular formula is C9H9ClN2. The van der Waals surface area contributed by atoms with Crippen LogP contribution in [-0.2, 0) is 0 Å². The van der Waals surface area contributed by atoms with Gasteiger partial charge in [-0.1, -0.05) is 11.6 Å². The third kappa shape index (κ3) is 1.24. The average molecular weight is 181 g/mol. The summed E-state index contributed by atoms with van der Waals surface area (Å²) < 4.78 is 0. The normalized spacial score (nSPS) is 9.50. The summed E-state index contributed by atoms with van der Waals surface area (Å²) >= 11 is 5.79. The lowest BCUT2D eigenvalue weighted by atomic mass is 10.0. The standard InChI is InChI=1S/C9H9ClN2/c1-5-6(2)9(12)8(10)3-7(5)4-11/h3H,12H2,1-2H3. The van der Waals surface area contributed by atoms with E-state index in [1.165, 1.54) is 0 Å². The van der Waals surface area contributed by atoms with Crippen LogP contribution in [0.4, 0.5) is 5.69 Å². The van der Waals surface area contributed by atoms with Gasteiger partial charge in [-0.05, 0) is 31.0 Å². The molecular weight excluding hydrogens is 172 g/mol. The van der Waals surface area contributed by atoms with Gasteiger partial charge in [-0.2, -0.15) is 5.26 Å². The van der Waals surface area contributed by atoms with Gasteiger partial charge in [0.2, 0.25) is 0 Å². The molecule has 0 saturated carbocycles. The van der Waals surface area contributed by atoms with E-state index in [4.69, 9.17) is 22.6 Å². The number of nitriles is 1. The maximum absolute atomic E-state index is 8.71. The number of nitrogens with two attached hydrogens (primary N) is 1. The van der Waals surface area contributed by atoms with E-state index in [0.29, 0.717) is 16.3 Å². The van der Waals surface area contributed by atoms with Crippen LogP contribution >= 0.6 is 11.6 Å². The first-order valence-electron chi connectivity index (χ1n) is 3.53. The van der Waals surface area contributed by atoms with Crippen LogP contribution in [0, 0.1) is 25.2 Å². The molecule has 0 aliphatic carbocycles. The van der Waals surface area contributed by atoms with Crippen LogP contribution in [-0.4, -0.2) is 0 Å². The van der Waals surface area contributed by atoms with Gasteiger partial charge in [-0.15, -0.1) is 0 Å². The summed E-state index contributed by atoms with van der Waals surface area (Å²) in [5.41, 5.74) is 8.61. The lowest BCUT2D eigenvalue weighted by Crippen LogP contribution is -1.96. The Morgan fingerprint density at radius 3 is 2.50 bits per heavy atom. The molecule has 0 bridgehead atoms. The molecule has 0 radical (unpaired) electrons. The van der Waals surface area contributed by atoms with Crippen molar-refractivity contribution in [1.29, 1.82) is 5.26 Å². The SMILES string of the molecule is Cc1c(C#N)cc(Cl)c(N)c1C. The molecule has 0 atom stereocenters. The first kappa shape index (κ1) is 8.89. The van der Waals surface area contributed by atoms with E-state index in [0.717, 1.165) is 11.1 Å². The Kier molecular flexibility index (Phi) is 2.25. The monoisotopic (exact) mass is 180 g/mol. The topological polar surface area (TPSA) is 49.8 Å². The van der Waals surface area contributed by atoms with Crippen molar-refractivity contribution in [3.63, 3.8) is 0 Å². The third-order valence-corrected chi connectivity index (χ3v) is 2.33. The van der Waals surface area contributed by atoms with Gasteiger partial charge in [-0.25, -0.2) is 0 Å². The van der Waals surface area contributed by atoms with Crippen LogP contribution in [0.3, 0.4) is 0 Å². The molecule has 0 fully saturated rings. The van der Waals surface area contributed by atoms with Crippen LogP contribution in [0.15, 0.2) is 6.07 Å². The lowest BCUT2D eigenvalue weighted by Gasteiger charge is -2.07. The largest absolute Gasteiger partial charge is 0.397 e. The molecule has 1 aromatic carbocycles. The Bertz CT molecular complexity index is 364. The number of hydrogen-bond donors (Lipinski definition) is 1. The number of halogens is 1. The maximum Gasteiger partial charge on any atom is 0.0995 e. The number of hydrogen-bond acceptors (Lipinski definition) is 2. The molecule has 0 unspecified atom stereocenters. The zero-order valence-corrected chi connectivity index (χ0v) is 7.74. The molecule has 2 N–H and O–H groups in total. The Morgan fingerprint density at radius 2 is 2.00 bits per heavy atom.